The van der Waals surface area contributed by atoms with Gasteiger partial charge in [0.2, 0.25) is 0 Å². The fourth-order valence-electron chi connectivity index (χ4n) is 2.90. The van der Waals surface area contributed by atoms with E-state index < -0.39 is 0 Å². The molecule has 0 saturated heterocycles. The zero-order chi connectivity index (χ0) is 8.60. The summed E-state index contributed by atoms with van der Waals surface area (Å²) in [6.45, 7) is 4.81. The van der Waals surface area contributed by atoms with Gasteiger partial charge in [0.1, 0.15) is 0 Å². The Labute approximate surface area is 76.7 Å². The van der Waals surface area contributed by atoms with Gasteiger partial charge in [-0.1, -0.05) is 33.1 Å². The lowest BCUT2D eigenvalue weighted by Crippen LogP contribution is -2.14. The van der Waals surface area contributed by atoms with Crippen LogP contribution in [0, 0.1) is 17.3 Å². The van der Waals surface area contributed by atoms with Crippen LogP contribution in [0.1, 0.15) is 58.8 Å². The van der Waals surface area contributed by atoms with Crippen LogP contribution in [0.15, 0.2) is 0 Å². The van der Waals surface area contributed by atoms with Crippen LogP contribution in [0.3, 0.4) is 0 Å². The molecule has 2 fully saturated rings. The molecular formula is C12H22. The maximum absolute atomic E-state index is 2.50. The molecule has 0 aromatic rings. The van der Waals surface area contributed by atoms with E-state index in [0.717, 1.165) is 17.3 Å². The van der Waals surface area contributed by atoms with Gasteiger partial charge in [-0.2, -0.15) is 0 Å². The molecule has 0 bridgehead atoms. The Morgan fingerprint density at radius 1 is 1.33 bits per heavy atom. The van der Waals surface area contributed by atoms with Crippen molar-refractivity contribution in [2.24, 2.45) is 17.3 Å². The van der Waals surface area contributed by atoms with E-state index in [2.05, 4.69) is 13.8 Å². The first kappa shape index (κ1) is 8.59. The molecule has 0 aromatic carbocycles. The molecule has 0 spiro atoms. The highest BCUT2D eigenvalue weighted by Crippen LogP contribution is 2.66. The Morgan fingerprint density at radius 3 is 2.42 bits per heavy atom. The largest absolute Gasteiger partial charge is 0.0654 e. The Bertz CT molecular complexity index is 151. The average molecular weight is 166 g/mol. The van der Waals surface area contributed by atoms with Crippen LogP contribution in [0.4, 0.5) is 0 Å². The molecule has 0 N–H and O–H groups in total. The minimum Gasteiger partial charge on any atom is -0.0654 e. The lowest BCUT2D eigenvalue weighted by molar-refractivity contribution is 0.268. The van der Waals surface area contributed by atoms with E-state index in [1.807, 2.05) is 0 Å². The summed E-state index contributed by atoms with van der Waals surface area (Å²) in [5.41, 5.74) is 0.870. The van der Waals surface area contributed by atoms with Crippen molar-refractivity contribution in [3.63, 3.8) is 0 Å². The standard InChI is InChI=1S/C12H22/c1-3-4-5-10(2)12(8-9-12)11-6-7-11/h10-11H,3-9H2,1-2H3. The van der Waals surface area contributed by atoms with E-state index in [1.54, 1.807) is 25.7 Å². The van der Waals surface area contributed by atoms with E-state index in [4.69, 9.17) is 0 Å². The van der Waals surface area contributed by atoms with Crippen molar-refractivity contribution in [3.05, 3.63) is 0 Å². The first-order chi connectivity index (χ1) is 5.79. The number of unbranched alkanes of at least 4 members (excludes halogenated alkanes) is 1. The van der Waals surface area contributed by atoms with Crippen molar-refractivity contribution in [2.45, 2.75) is 58.8 Å². The smallest absolute Gasteiger partial charge is 0.0243 e. The highest BCUT2D eigenvalue weighted by molar-refractivity contribution is 5.06. The zero-order valence-electron chi connectivity index (χ0n) is 8.60. The molecule has 0 heteroatoms. The van der Waals surface area contributed by atoms with E-state index in [1.165, 1.54) is 19.3 Å². The molecular weight excluding hydrogens is 144 g/mol. The molecule has 0 aromatic heterocycles. The first-order valence-electron chi connectivity index (χ1n) is 5.79. The minimum atomic E-state index is 0.870. The molecule has 70 valence electrons. The van der Waals surface area contributed by atoms with E-state index in [-0.39, 0.29) is 0 Å². The Morgan fingerprint density at radius 2 is 2.00 bits per heavy atom. The van der Waals surface area contributed by atoms with Gasteiger partial charge in [-0.05, 0) is 42.9 Å². The summed E-state index contributed by atoms with van der Waals surface area (Å²) in [6.07, 6.45) is 10.5. The van der Waals surface area contributed by atoms with Gasteiger partial charge in [0, 0.05) is 0 Å². The fraction of sp³-hybridized carbons (Fsp3) is 1.00. The SMILES string of the molecule is CCCCC(C)C1(C2CC2)CC1. The highest BCUT2D eigenvalue weighted by Gasteiger charge is 2.56. The maximum atomic E-state index is 2.50. The van der Waals surface area contributed by atoms with Crippen LogP contribution in [0.5, 0.6) is 0 Å². The summed E-state index contributed by atoms with van der Waals surface area (Å²) in [7, 11) is 0. The van der Waals surface area contributed by atoms with E-state index >= 15 is 0 Å². The van der Waals surface area contributed by atoms with Gasteiger partial charge >= 0.3 is 0 Å². The van der Waals surface area contributed by atoms with Crippen LogP contribution in [-0.2, 0) is 0 Å². The van der Waals surface area contributed by atoms with Crippen LogP contribution in [0.2, 0.25) is 0 Å². The van der Waals surface area contributed by atoms with Gasteiger partial charge in [-0.3, -0.25) is 0 Å². The normalized spacial score (nSPS) is 28.5. The second-order valence-corrected chi connectivity index (χ2v) is 5.05. The summed E-state index contributed by atoms with van der Waals surface area (Å²) < 4.78 is 0. The molecule has 0 aliphatic heterocycles. The van der Waals surface area contributed by atoms with Gasteiger partial charge in [0.25, 0.3) is 0 Å². The quantitative estimate of drug-likeness (QED) is 0.579. The summed E-state index contributed by atoms with van der Waals surface area (Å²) in [6, 6.07) is 0. The monoisotopic (exact) mass is 166 g/mol. The maximum Gasteiger partial charge on any atom is -0.0243 e. The highest BCUT2D eigenvalue weighted by atomic mass is 14.6. The molecule has 2 saturated carbocycles. The molecule has 2 aliphatic carbocycles. The number of hydrogen-bond acceptors (Lipinski definition) is 0. The molecule has 0 heterocycles. The topological polar surface area (TPSA) is 0 Å². The lowest BCUT2D eigenvalue weighted by Gasteiger charge is -2.22. The predicted octanol–water partition coefficient (Wildman–Crippen LogP) is 4.00. The van der Waals surface area contributed by atoms with Crippen molar-refractivity contribution in [1.29, 1.82) is 0 Å². The average Bonchev–Trinajstić information content (AvgIpc) is 2.88. The molecule has 1 unspecified atom stereocenters. The number of hydrogen-bond donors (Lipinski definition) is 0. The summed E-state index contributed by atoms with van der Waals surface area (Å²) in [5, 5.41) is 0. The van der Waals surface area contributed by atoms with Gasteiger partial charge in [-0.15, -0.1) is 0 Å². The van der Waals surface area contributed by atoms with Crippen molar-refractivity contribution in [2.75, 3.05) is 0 Å². The zero-order valence-corrected chi connectivity index (χ0v) is 8.60. The second-order valence-electron chi connectivity index (χ2n) is 5.05. The Kier molecular flexibility index (Phi) is 2.18. The third-order valence-electron chi connectivity index (χ3n) is 4.19. The molecule has 0 amide bonds. The van der Waals surface area contributed by atoms with Crippen LogP contribution >= 0.6 is 0 Å². The summed E-state index contributed by atoms with van der Waals surface area (Å²) >= 11 is 0. The first-order valence-corrected chi connectivity index (χ1v) is 5.79. The predicted molar refractivity (Wildman–Crippen MR) is 53.1 cm³/mol. The van der Waals surface area contributed by atoms with Crippen LogP contribution in [-0.4, -0.2) is 0 Å². The van der Waals surface area contributed by atoms with E-state index in [0.29, 0.717) is 0 Å². The molecule has 2 rings (SSSR count). The van der Waals surface area contributed by atoms with Crippen molar-refractivity contribution in [3.8, 4) is 0 Å². The minimum absolute atomic E-state index is 0.870. The molecule has 1 atom stereocenters. The lowest BCUT2D eigenvalue weighted by atomic mass is 9.83. The number of rotatable bonds is 5. The van der Waals surface area contributed by atoms with Crippen LogP contribution in [0.25, 0.3) is 0 Å². The fourth-order valence-corrected chi connectivity index (χ4v) is 2.90. The summed E-state index contributed by atoms with van der Waals surface area (Å²) in [4.78, 5) is 0. The van der Waals surface area contributed by atoms with Gasteiger partial charge in [-0.25, -0.2) is 0 Å². The van der Waals surface area contributed by atoms with Crippen molar-refractivity contribution < 1.29 is 0 Å². The third-order valence-corrected chi connectivity index (χ3v) is 4.19. The Balaban J connectivity index is 1.81. The molecule has 12 heavy (non-hydrogen) atoms. The van der Waals surface area contributed by atoms with Gasteiger partial charge in [0.15, 0.2) is 0 Å². The van der Waals surface area contributed by atoms with E-state index in [9.17, 15) is 0 Å². The van der Waals surface area contributed by atoms with Crippen LogP contribution < -0.4 is 0 Å². The summed E-state index contributed by atoms with van der Waals surface area (Å²) in [5.74, 6) is 2.19. The Hall–Kier alpha value is 0. The third kappa shape index (κ3) is 1.41. The van der Waals surface area contributed by atoms with Crippen molar-refractivity contribution >= 4 is 0 Å². The van der Waals surface area contributed by atoms with Gasteiger partial charge < -0.3 is 0 Å². The molecule has 0 radical (unpaired) electrons. The van der Waals surface area contributed by atoms with Gasteiger partial charge in [0.05, 0.1) is 0 Å². The molecule has 2 aliphatic rings. The molecule has 0 nitrogen and oxygen atoms in total. The van der Waals surface area contributed by atoms with Crippen molar-refractivity contribution in [1.82, 2.24) is 0 Å². The second kappa shape index (κ2) is 3.05.